The Kier molecular flexibility index (Phi) is 4.34. The topological polar surface area (TPSA) is 108 Å². The standard InChI is InChI=1S/C15H22N4O4/c1-23-9-15(3-2-4-15)14(22)19-7-10(5-13(20)21)11(8-19)12-6-16-18-17-12/h6,10-11H,2-5,7-9H2,1H3,(H,20,21)(H,16,17,18)/t10-,11+/m1/s1. The zero-order valence-corrected chi connectivity index (χ0v) is 13.2. The number of rotatable bonds is 6. The van der Waals surface area contributed by atoms with Crippen molar-refractivity contribution in [3.8, 4) is 0 Å². The smallest absolute Gasteiger partial charge is 0.303 e. The van der Waals surface area contributed by atoms with Crippen LogP contribution in [0.25, 0.3) is 0 Å². The second kappa shape index (κ2) is 6.27. The van der Waals surface area contributed by atoms with Crippen molar-refractivity contribution in [3.05, 3.63) is 11.9 Å². The Labute approximate surface area is 134 Å². The number of carbonyl (C=O) groups is 2. The van der Waals surface area contributed by atoms with Gasteiger partial charge in [-0.3, -0.25) is 9.59 Å². The molecule has 1 saturated carbocycles. The highest BCUT2D eigenvalue weighted by atomic mass is 16.5. The maximum atomic E-state index is 12.9. The molecule has 8 heteroatoms. The van der Waals surface area contributed by atoms with Crippen molar-refractivity contribution in [1.29, 1.82) is 0 Å². The zero-order valence-electron chi connectivity index (χ0n) is 13.2. The van der Waals surface area contributed by atoms with E-state index >= 15 is 0 Å². The number of nitrogens with zero attached hydrogens (tertiary/aromatic N) is 3. The molecule has 0 aromatic carbocycles. The first kappa shape index (κ1) is 15.9. The molecule has 1 aliphatic heterocycles. The molecule has 0 unspecified atom stereocenters. The molecule has 1 saturated heterocycles. The molecule has 8 nitrogen and oxygen atoms in total. The summed E-state index contributed by atoms with van der Waals surface area (Å²) in [6, 6.07) is 0. The molecule has 1 aromatic rings. The lowest BCUT2D eigenvalue weighted by Gasteiger charge is -2.42. The van der Waals surface area contributed by atoms with Crippen molar-refractivity contribution in [3.63, 3.8) is 0 Å². The average molecular weight is 322 g/mol. The van der Waals surface area contributed by atoms with Gasteiger partial charge in [-0.15, -0.1) is 0 Å². The molecule has 1 aromatic heterocycles. The van der Waals surface area contributed by atoms with Crippen LogP contribution in [0.2, 0.25) is 0 Å². The monoisotopic (exact) mass is 322 g/mol. The number of likely N-dealkylation sites (tertiary alicyclic amines) is 1. The van der Waals surface area contributed by atoms with Gasteiger partial charge in [-0.1, -0.05) is 6.42 Å². The molecule has 126 valence electrons. The first-order valence-electron chi connectivity index (χ1n) is 7.91. The first-order valence-corrected chi connectivity index (χ1v) is 7.91. The van der Waals surface area contributed by atoms with E-state index in [-0.39, 0.29) is 24.2 Å². The molecule has 2 N–H and O–H groups in total. The highest BCUT2D eigenvalue weighted by molar-refractivity contribution is 5.84. The van der Waals surface area contributed by atoms with Gasteiger partial charge in [0.25, 0.3) is 0 Å². The third kappa shape index (κ3) is 2.95. The van der Waals surface area contributed by atoms with Gasteiger partial charge in [-0.05, 0) is 18.8 Å². The number of H-pyrrole nitrogens is 1. The van der Waals surface area contributed by atoms with Crippen LogP contribution in [0.4, 0.5) is 0 Å². The molecule has 2 atom stereocenters. The second-order valence-corrected chi connectivity index (χ2v) is 6.64. The van der Waals surface area contributed by atoms with Gasteiger partial charge in [-0.2, -0.15) is 15.4 Å². The maximum Gasteiger partial charge on any atom is 0.303 e. The van der Waals surface area contributed by atoms with E-state index in [0.717, 1.165) is 25.0 Å². The maximum absolute atomic E-state index is 12.9. The van der Waals surface area contributed by atoms with E-state index in [1.165, 1.54) is 0 Å². The van der Waals surface area contributed by atoms with E-state index in [4.69, 9.17) is 9.84 Å². The number of nitrogens with one attached hydrogen (secondary N) is 1. The van der Waals surface area contributed by atoms with E-state index < -0.39 is 11.4 Å². The zero-order chi connectivity index (χ0) is 16.4. The molecule has 23 heavy (non-hydrogen) atoms. The third-order valence-electron chi connectivity index (χ3n) is 5.16. The Morgan fingerprint density at radius 3 is 2.78 bits per heavy atom. The molecule has 0 spiro atoms. The van der Waals surface area contributed by atoms with Crippen LogP contribution < -0.4 is 0 Å². The van der Waals surface area contributed by atoms with Gasteiger partial charge in [0.2, 0.25) is 5.91 Å². The minimum Gasteiger partial charge on any atom is -0.481 e. The quantitative estimate of drug-likeness (QED) is 0.795. The fourth-order valence-electron chi connectivity index (χ4n) is 3.83. The highest BCUT2D eigenvalue weighted by Crippen LogP contribution is 2.45. The lowest BCUT2D eigenvalue weighted by atomic mass is 9.68. The summed E-state index contributed by atoms with van der Waals surface area (Å²) in [5.74, 6) is -0.991. The van der Waals surface area contributed by atoms with Gasteiger partial charge in [0.05, 0.1) is 30.3 Å². The summed E-state index contributed by atoms with van der Waals surface area (Å²) >= 11 is 0. The molecule has 2 heterocycles. The summed E-state index contributed by atoms with van der Waals surface area (Å²) in [4.78, 5) is 25.9. The highest BCUT2D eigenvalue weighted by Gasteiger charge is 2.49. The van der Waals surface area contributed by atoms with Crippen LogP contribution in [0, 0.1) is 11.3 Å². The molecule has 0 bridgehead atoms. The SMILES string of the molecule is COCC1(C(=O)N2C[C@@H](CC(=O)O)[C@@H](c3cn[nH]n3)C2)CCC1. The van der Waals surface area contributed by atoms with E-state index in [1.807, 2.05) is 0 Å². The number of aromatic amines is 1. The minimum absolute atomic E-state index is 0.0264. The molecular weight excluding hydrogens is 300 g/mol. The summed E-state index contributed by atoms with van der Waals surface area (Å²) < 4.78 is 5.25. The first-order chi connectivity index (χ1) is 11.1. The van der Waals surface area contributed by atoms with Crippen LogP contribution in [-0.4, -0.2) is 64.1 Å². The van der Waals surface area contributed by atoms with Crippen LogP contribution >= 0.6 is 0 Å². The number of amides is 1. The summed E-state index contributed by atoms with van der Waals surface area (Å²) in [6.45, 7) is 1.38. The number of carbonyl (C=O) groups excluding carboxylic acids is 1. The van der Waals surface area contributed by atoms with Crippen molar-refractivity contribution in [2.75, 3.05) is 26.8 Å². The molecule has 2 fully saturated rings. The second-order valence-electron chi connectivity index (χ2n) is 6.64. The number of methoxy groups -OCH3 is 1. The number of hydrogen-bond acceptors (Lipinski definition) is 5. The normalized spacial score (nSPS) is 26.0. The van der Waals surface area contributed by atoms with Gasteiger partial charge in [0, 0.05) is 26.1 Å². The van der Waals surface area contributed by atoms with Crippen LogP contribution in [0.15, 0.2) is 6.20 Å². The van der Waals surface area contributed by atoms with E-state index in [2.05, 4.69) is 15.4 Å². The van der Waals surface area contributed by atoms with Gasteiger partial charge in [0.15, 0.2) is 0 Å². The molecular formula is C15H22N4O4. The van der Waals surface area contributed by atoms with Crippen molar-refractivity contribution in [1.82, 2.24) is 20.3 Å². The number of carboxylic acids is 1. The molecule has 1 amide bonds. The molecule has 3 rings (SSSR count). The van der Waals surface area contributed by atoms with Gasteiger partial charge in [-0.25, -0.2) is 0 Å². The third-order valence-corrected chi connectivity index (χ3v) is 5.16. The van der Waals surface area contributed by atoms with Crippen LogP contribution in [0.3, 0.4) is 0 Å². The number of aromatic nitrogens is 3. The number of hydrogen-bond donors (Lipinski definition) is 2. The van der Waals surface area contributed by atoms with E-state index in [0.29, 0.717) is 19.7 Å². The lowest BCUT2D eigenvalue weighted by molar-refractivity contribution is -0.151. The van der Waals surface area contributed by atoms with Crippen molar-refractivity contribution < 1.29 is 19.4 Å². The molecule has 0 radical (unpaired) electrons. The number of aliphatic carboxylic acids is 1. The Morgan fingerprint density at radius 2 is 2.26 bits per heavy atom. The predicted molar refractivity (Wildman–Crippen MR) is 79.6 cm³/mol. The fraction of sp³-hybridized carbons (Fsp3) is 0.733. The van der Waals surface area contributed by atoms with Gasteiger partial charge in [0.1, 0.15) is 0 Å². The summed E-state index contributed by atoms with van der Waals surface area (Å²) in [7, 11) is 1.61. The fourth-order valence-corrected chi connectivity index (χ4v) is 3.83. The summed E-state index contributed by atoms with van der Waals surface area (Å²) in [5, 5.41) is 19.6. The summed E-state index contributed by atoms with van der Waals surface area (Å²) in [5.41, 5.74) is 0.308. The van der Waals surface area contributed by atoms with Crippen molar-refractivity contribution in [2.24, 2.45) is 11.3 Å². The Bertz CT molecular complexity index is 570. The average Bonchev–Trinajstić information content (AvgIpc) is 3.10. The van der Waals surface area contributed by atoms with Crippen LogP contribution in [0.1, 0.15) is 37.3 Å². The number of carboxylic acid groups (broad SMARTS) is 1. The molecule has 1 aliphatic carbocycles. The Balaban J connectivity index is 1.76. The predicted octanol–water partition coefficient (Wildman–Crippen LogP) is 0.638. The lowest BCUT2D eigenvalue weighted by Crippen LogP contribution is -2.49. The minimum atomic E-state index is -0.854. The molecule has 2 aliphatic rings. The van der Waals surface area contributed by atoms with Gasteiger partial charge >= 0.3 is 5.97 Å². The Hall–Kier alpha value is -1.96. The Morgan fingerprint density at radius 1 is 1.48 bits per heavy atom. The van der Waals surface area contributed by atoms with Gasteiger partial charge < -0.3 is 14.7 Å². The van der Waals surface area contributed by atoms with Crippen LogP contribution in [-0.2, 0) is 14.3 Å². The van der Waals surface area contributed by atoms with E-state index in [1.54, 1.807) is 18.2 Å². The van der Waals surface area contributed by atoms with Crippen molar-refractivity contribution in [2.45, 2.75) is 31.6 Å². The van der Waals surface area contributed by atoms with E-state index in [9.17, 15) is 9.59 Å². The van der Waals surface area contributed by atoms with Crippen molar-refractivity contribution >= 4 is 11.9 Å². The largest absolute Gasteiger partial charge is 0.481 e. The number of ether oxygens (including phenoxy) is 1. The summed E-state index contributed by atoms with van der Waals surface area (Å²) in [6.07, 6.45) is 4.36. The van der Waals surface area contributed by atoms with Crippen LogP contribution in [0.5, 0.6) is 0 Å².